The molecule has 0 bridgehead atoms. The molecule has 1 atom stereocenters. The first kappa shape index (κ1) is 13.4. The number of benzene rings is 1. The third-order valence-electron chi connectivity index (χ3n) is 3.17. The van der Waals surface area contributed by atoms with Gasteiger partial charge in [0.15, 0.2) is 0 Å². The maximum atomic E-state index is 5.66. The normalized spacial score (nSPS) is 13.8. The molecule has 1 N–H and O–H groups in total. The van der Waals surface area contributed by atoms with Crippen molar-refractivity contribution in [3.05, 3.63) is 35.9 Å². The van der Waals surface area contributed by atoms with E-state index in [1.54, 1.807) is 0 Å². The molecule has 0 aliphatic heterocycles. The summed E-state index contributed by atoms with van der Waals surface area (Å²) in [4.78, 5) is 0. The largest absolute Gasteiger partial charge is 0.419 e. The highest BCUT2D eigenvalue weighted by molar-refractivity contribution is 6.72. The van der Waals surface area contributed by atoms with Crippen molar-refractivity contribution in [2.75, 3.05) is 7.11 Å². The van der Waals surface area contributed by atoms with E-state index >= 15 is 0 Å². The van der Waals surface area contributed by atoms with Crippen LogP contribution in [0.25, 0.3) is 0 Å². The Bertz CT molecular complexity index is 300. The van der Waals surface area contributed by atoms with Crippen LogP contribution in [-0.2, 0) is 11.0 Å². The Labute approximate surface area is 100 Å². The summed E-state index contributed by atoms with van der Waals surface area (Å²) in [6, 6.07) is 10.5. The zero-order valence-corrected chi connectivity index (χ0v) is 11.8. The summed E-state index contributed by atoms with van der Waals surface area (Å²) in [5.74, 6) is 0. The van der Waals surface area contributed by atoms with Crippen LogP contribution < -0.4 is 5.32 Å². The molecule has 0 amide bonds. The summed E-state index contributed by atoms with van der Waals surface area (Å²) in [7, 11) is 0.261. The molecule has 3 heteroatoms. The monoisotopic (exact) mass is 237 g/mol. The van der Waals surface area contributed by atoms with Crippen molar-refractivity contribution in [2.24, 2.45) is 0 Å². The Hall–Kier alpha value is -0.643. The zero-order valence-electron chi connectivity index (χ0n) is 10.8. The molecule has 0 aromatic heterocycles. The van der Waals surface area contributed by atoms with E-state index < -0.39 is 8.32 Å². The van der Waals surface area contributed by atoms with E-state index in [0.717, 1.165) is 13.0 Å². The molecule has 0 heterocycles. The molecule has 0 radical (unpaired) electrons. The second kappa shape index (κ2) is 6.18. The van der Waals surface area contributed by atoms with Crippen molar-refractivity contribution in [2.45, 2.75) is 38.6 Å². The molecule has 16 heavy (non-hydrogen) atoms. The molecule has 90 valence electrons. The summed E-state index contributed by atoms with van der Waals surface area (Å²) in [6.45, 7) is 7.67. The van der Waals surface area contributed by atoms with E-state index in [1.165, 1.54) is 5.56 Å². The number of rotatable bonds is 6. The summed E-state index contributed by atoms with van der Waals surface area (Å²) >= 11 is 0. The first-order chi connectivity index (χ1) is 7.60. The molecule has 0 aliphatic rings. The first-order valence-electron chi connectivity index (χ1n) is 5.92. The third-order valence-corrected chi connectivity index (χ3v) is 6.51. The van der Waals surface area contributed by atoms with Crippen LogP contribution in [-0.4, -0.2) is 21.1 Å². The predicted octanol–water partition coefficient (Wildman–Crippen LogP) is 2.95. The van der Waals surface area contributed by atoms with Gasteiger partial charge in [-0.25, -0.2) is 0 Å². The molecule has 0 saturated carbocycles. The standard InChI is InChI=1S/C13H23NOSi/c1-5-13(16(3,4)15-2)14-11-12-9-7-6-8-10-12/h6-10,13-14H,5,11H2,1-4H3. The van der Waals surface area contributed by atoms with Crippen LogP contribution in [0.1, 0.15) is 18.9 Å². The Balaban J connectivity index is 2.53. The van der Waals surface area contributed by atoms with Gasteiger partial charge < -0.3 is 9.74 Å². The Kier molecular flexibility index (Phi) is 5.18. The molecular weight excluding hydrogens is 214 g/mol. The quantitative estimate of drug-likeness (QED) is 0.768. The van der Waals surface area contributed by atoms with Gasteiger partial charge in [-0.15, -0.1) is 0 Å². The zero-order chi connectivity index (χ0) is 12.0. The van der Waals surface area contributed by atoms with Crippen molar-refractivity contribution in [1.29, 1.82) is 0 Å². The van der Waals surface area contributed by atoms with Crippen LogP contribution >= 0.6 is 0 Å². The van der Waals surface area contributed by atoms with Gasteiger partial charge in [-0.1, -0.05) is 37.3 Å². The van der Waals surface area contributed by atoms with Crippen LogP contribution in [0.3, 0.4) is 0 Å². The minimum Gasteiger partial charge on any atom is -0.419 e. The molecule has 0 aliphatic carbocycles. The van der Waals surface area contributed by atoms with Gasteiger partial charge in [0.25, 0.3) is 0 Å². The summed E-state index contributed by atoms with van der Waals surface area (Å²) in [5, 5.41) is 3.61. The van der Waals surface area contributed by atoms with E-state index in [1.807, 2.05) is 7.11 Å². The van der Waals surface area contributed by atoms with Crippen LogP contribution in [0.15, 0.2) is 30.3 Å². The van der Waals surface area contributed by atoms with Crippen molar-refractivity contribution >= 4 is 8.32 Å². The molecule has 1 rings (SSSR count). The third kappa shape index (κ3) is 3.74. The number of hydrogen-bond acceptors (Lipinski definition) is 2. The lowest BCUT2D eigenvalue weighted by molar-refractivity contribution is 0.375. The van der Waals surface area contributed by atoms with Crippen LogP contribution in [0.4, 0.5) is 0 Å². The van der Waals surface area contributed by atoms with E-state index in [2.05, 4.69) is 55.7 Å². The first-order valence-corrected chi connectivity index (χ1v) is 8.91. The van der Waals surface area contributed by atoms with Gasteiger partial charge in [0.1, 0.15) is 0 Å². The fourth-order valence-electron chi connectivity index (χ4n) is 1.86. The van der Waals surface area contributed by atoms with Gasteiger partial charge in [-0.3, -0.25) is 0 Å². The van der Waals surface area contributed by atoms with E-state index in [4.69, 9.17) is 4.43 Å². The van der Waals surface area contributed by atoms with Crippen LogP contribution in [0, 0.1) is 0 Å². The van der Waals surface area contributed by atoms with Gasteiger partial charge in [0, 0.05) is 19.3 Å². The molecule has 1 aromatic carbocycles. The predicted molar refractivity (Wildman–Crippen MR) is 71.9 cm³/mol. The Morgan fingerprint density at radius 3 is 2.38 bits per heavy atom. The molecule has 0 saturated heterocycles. The van der Waals surface area contributed by atoms with Crippen LogP contribution in [0.2, 0.25) is 13.1 Å². The average molecular weight is 237 g/mol. The topological polar surface area (TPSA) is 21.3 Å². The number of hydrogen-bond donors (Lipinski definition) is 1. The highest BCUT2D eigenvalue weighted by Crippen LogP contribution is 2.13. The van der Waals surface area contributed by atoms with Crippen molar-refractivity contribution < 1.29 is 4.43 Å². The maximum absolute atomic E-state index is 5.66. The van der Waals surface area contributed by atoms with Crippen molar-refractivity contribution in [3.8, 4) is 0 Å². The summed E-state index contributed by atoms with van der Waals surface area (Å²) < 4.78 is 5.66. The van der Waals surface area contributed by atoms with E-state index in [0.29, 0.717) is 5.67 Å². The highest BCUT2D eigenvalue weighted by atomic mass is 28.4. The second-order valence-electron chi connectivity index (χ2n) is 4.63. The van der Waals surface area contributed by atoms with Gasteiger partial charge in [-0.05, 0) is 25.1 Å². The minimum atomic E-state index is -1.57. The molecule has 0 spiro atoms. The lowest BCUT2D eigenvalue weighted by Crippen LogP contribution is -2.51. The van der Waals surface area contributed by atoms with E-state index in [-0.39, 0.29) is 0 Å². The number of nitrogens with one attached hydrogen (secondary N) is 1. The summed E-state index contributed by atoms with van der Waals surface area (Å²) in [5.41, 5.74) is 1.85. The smallest absolute Gasteiger partial charge is 0.202 e. The van der Waals surface area contributed by atoms with Gasteiger partial charge in [0.05, 0.1) is 0 Å². The SMILES string of the molecule is CCC(NCc1ccccc1)[Si](C)(C)OC. The Morgan fingerprint density at radius 2 is 1.88 bits per heavy atom. The molecule has 1 aromatic rings. The molecule has 2 nitrogen and oxygen atoms in total. The minimum absolute atomic E-state index is 0.512. The lowest BCUT2D eigenvalue weighted by Gasteiger charge is -2.30. The Morgan fingerprint density at radius 1 is 1.25 bits per heavy atom. The van der Waals surface area contributed by atoms with Crippen molar-refractivity contribution in [3.63, 3.8) is 0 Å². The fraction of sp³-hybridized carbons (Fsp3) is 0.538. The maximum Gasteiger partial charge on any atom is 0.202 e. The van der Waals surface area contributed by atoms with Crippen LogP contribution in [0.5, 0.6) is 0 Å². The lowest BCUT2D eigenvalue weighted by atomic mass is 10.2. The second-order valence-corrected chi connectivity index (χ2v) is 8.95. The molecule has 1 unspecified atom stereocenters. The molecule has 0 fully saturated rings. The van der Waals surface area contributed by atoms with Gasteiger partial charge in [-0.2, -0.15) is 0 Å². The fourth-order valence-corrected chi connectivity index (χ4v) is 3.72. The van der Waals surface area contributed by atoms with Gasteiger partial charge in [0.2, 0.25) is 8.32 Å². The van der Waals surface area contributed by atoms with E-state index in [9.17, 15) is 0 Å². The van der Waals surface area contributed by atoms with Crippen molar-refractivity contribution in [1.82, 2.24) is 5.32 Å². The molecular formula is C13H23NOSi. The van der Waals surface area contributed by atoms with Gasteiger partial charge >= 0.3 is 0 Å². The highest BCUT2D eigenvalue weighted by Gasteiger charge is 2.30. The average Bonchev–Trinajstić information content (AvgIpc) is 2.31. The summed E-state index contributed by atoms with van der Waals surface area (Å²) in [6.07, 6.45) is 1.12.